The Kier molecular flexibility index (Phi) is 4.65. The van der Waals surface area contributed by atoms with Crippen molar-refractivity contribution in [3.05, 3.63) is 59.9 Å². The van der Waals surface area contributed by atoms with Crippen LogP contribution in [0.3, 0.4) is 0 Å². The molecule has 2 heterocycles. The molecule has 0 saturated carbocycles. The van der Waals surface area contributed by atoms with E-state index in [0.717, 1.165) is 16.9 Å². The van der Waals surface area contributed by atoms with Crippen LogP contribution < -0.4 is 0 Å². The zero-order valence-corrected chi connectivity index (χ0v) is 14.7. The molecule has 0 N–H and O–H groups in total. The number of aromatic nitrogens is 5. The van der Waals surface area contributed by atoms with Crippen LogP contribution in [-0.4, -0.2) is 30.5 Å². The van der Waals surface area contributed by atoms with Crippen LogP contribution in [0.4, 0.5) is 0 Å². The fourth-order valence-electron chi connectivity index (χ4n) is 2.68. The number of esters is 1. The first kappa shape index (κ1) is 16.9. The van der Waals surface area contributed by atoms with E-state index in [1.54, 1.807) is 17.2 Å². The van der Waals surface area contributed by atoms with Crippen LogP contribution in [0.25, 0.3) is 5.69 Å². The zero-order valence-electron chi connectivity index (χ0n) is 14.7. The van der Waals surface area contributed by atoms with Gasteiger partial charge in [-0.3, -0.25) is 4.68 Å². The SMILES string of the molecule is Cc1c(C(=O)O[C@@H](C)c2ccc(-n3cncn3)cc2)cnn1C(C)C. The number of nitrogens with zero attached hydrogens (tertiary/aromatic N) is 5. The first-order valence-corrected chi connectivity index (χ1v) is 8.17. The van der Waals surface area contributed by atoms with E-state index in [0.29, 0.717) is 5.56 Å². The first-order chi connectivity index (χ1) is 12.0. The molecule has 130 valence electrons. The van der Waals surface area contributed by atoms with Crippen molar-refractivity contribution in [2.45, 2.75) is 39.8 Å². The van der Waals surface area contributed by atoms with Crippen molar-refractivity contribution >= 4 is 5.97 Å². The molecule has 7 heteroatoms. The highest BCUT2D eigenvalue weighted by Gasteiger charge is 2.19. The summed E-state index contributed by atoms with van der Waals surface area (Å²) in [6.45, 7) is 7.77. The molecule has 25 heavy (non-hydrogen) atoms. The summed E-state index contributed by atoms with van der Waals surface area (Å²) in [4.78, 5) is 16.4. The van der Waals surface area contributed by atoms with Gasteiger partial charge in [0.05, 0.1) is 17.6 Å². The maximum atomic E-state index is 12.4. The lowest BCUT2D eigenvalue weighted by molar-refractivity contribution is 0.0337. The van der Waals surface area contributed by atoms with Gasteiger partial charge in [0.15, 0.2) is 0 Å². The lowest BCUT2D eigenvalue weighted by Gasteiger charge is -2.14. The van der Waals surface area contributed by atoms with Crippen LogP contribution in [0.5, 0.6) is 0 Å². The molecule has 0 saturated heterocycles. The molecule has 0 fully saturated rings. The number of hydrogen-bond donors (Lipinski definition) is 0. The van der Waals surface area contributed by atoms with E-state index in [2.05, 4.69) is 15.2 Å². The third-order valence-electron chi connectivity index (χ3n) is 4.08. The van der Waals surface area contributed by atoms with Gasteiger partial charge in [-0.2, -0.15) is 10.2 Å². The van der Waals surface area contributed by atoms with Crippen molar-refractivity contribution in [3.63, 3.8) is 0 Å². The Morgan fingerprint density at radius 2 is 1.84 bits per heavy atom. The minimum Gasteiger partial charge on any atom is -0.454 e. The average molecular weight is 339 g/mol. The Labute approximate surface area is 146 Å². The molecular formula is C18H21N5O2. The van der Waals surface area contributed by atoms with Gasteiger partial charge >= 0.3 is 5.97 Å². The Balaban J connectivity index is 1.71. The number of hydrogen-bond acceptors (Lipinski definition) is 5. The van der Waals surface area contributed by atoms with E-state index >= 15 is 0 Å². The lowest BCUT2D eigenvalue weighted by Crippen LogP contribution is -2.11. The van der Waals surface area contributed by atoms with Crippen LogP contribution in [0.15, 0.2) is 43.1 Å². The van der Waals surface area contributed by atoms with Crippen molar-refractivity contribution < 1.29 is 9.53 Å². The van der Waals surface area contributed by atoms with E-state index in [-0.39, 0.29) is 18.1 Å². The summed E-state index contributed by atoms with van der Waals surface area (Å²) in [7, 11) is 0. The fourth-order valence-corrected chi connectivity index (χ4v) is 2.68. The van der Waals surface area contributed by atoms with Crippen LogP contribution in [0, 0.1) is 6.92 Å². The van der Waals surface area contributed by atoms with Gasteiger partial charge in [0.25, 0.3) is 0 Å². The van der Waals surface area contributed by atoms with Gasteiger partial charge in [0, 0.05) is 6.04 Å². The molecule has 1 atom stereocenters. The molecule has 0 aliphatic heterocycles. The Bertz CT molecular complexity index is 850. The minimum absolute atomic E-state index is 0.198. The smallest absolute Gasteiger partial charge is 0.342 e. The molecule has 3 rings (SSSR count). The molecule has 0 bridgehead atoms. The average Bonchev–Trinajstić information content (AvgIpc) is 3.24. The van der Waals surface area contributed by atoms with Gasteiger partial charge in [0.1, 0.15) is 24.3 Å². The molecule has 0 spiro atoms. The second kappa shape index (κ2) is 6.88. The van der Waals surface area contributed by atoms with E-state index in [4.69, 9.17) is 4.74 Å². The van der Waals surface area contributed by atoms with Crippen LogP contribution in [-0.2, 0) is 4.74 Å². The number of carbonyl (C=O) groups is 1. The first-order valence-electron chi connectivity index (χ1n) is 8.17. The van der Waals surface area contributed by atoms with Gasteiger partial charge in [-0.15, -0.1) is 0 Å². The second-order valence-electron chi connectivity index (χ2n) is 6.16. The number of ether oxygens (including phenoxy) is 1. The molecule has 1 aromatic carbocycles. The maximum Gasteiger partial charge on any atom is 0.342 e. The van der Waals surface area contributed by atoms with E-state index in [1.807, 2.05) is 56.6 Å². The predicted molar refractivity (Wildman–Crippen MR) is 92.5 cm³/mol. The summed E-state index contributed by atoms with van der Waals surface area (Å²) < 4.78 is 9.08. The Morgan fingerprint density at radius 1 is 1.12 bits per heavy atom. The highest BCUT2D eigenvalue weighted by atomic mass is 16.5. The van der Waals surface area contributed by atoms with Gasteiger partial charge in [0.2, 0.25) is 0 Å². The van der Waals surface area contributed by atoms with Crippen molar-refractivity contribution in [3.8, 4) is 5.69 Å². The highest BCUT2D eigenvalue weighted by Crippen LogP contribution is 2.22. The fraction of sp³-hybridized carbons (Fsp3) is 0.333. The van der Waals surface area contributed by atoms with E-state index in [1.165, 1.54) is 6.33 Å². The van der Waals surface area contributed by atoms with Gasteiger partial charge in [-0.1, -0.05) is 12.1 Å². The van der Waals surface area contributed by atoms with Crippen molar-refractivity contribution in [2.75, 3.05) is 0 Å². The molecule has 0 aliphatic carbocycles. The molecular weight excluding hydrogens is 318 g/mol. The number of rotatable bonds is 5. The standard InChI is InChI=1S/C18H21N5O2/c1-12(2)23-13(3)17(9-20-23)18(24)25-14(4)15-5-7-16(8-6-15)22-11-19-10-21-22/h5-12,14H,1-4H3/t14-/m0/s1. The van der Waals surface area contributed by atoms with Crippen molar-refractivity contribution in [1.82, 2.24) is 24.5 Å². The van der Waals surface area contributed by atoms with Gasteiger partial charge < -0.3 is 4.74 Å². The molecule has 3 aromatic rings. The molecule has 0 aliphatic rings. The van der Waals surface area contributed by atoms with Gasteiger partial charge in [-0.25, -0.2) is 14.5 Å². The lowest BCUT2D eigenvalue weighted by atomic mass is 10.1. The normalized spacial score (nSPS) is 12.4. The summed E-state index contributed by atoms with van der Waals surface area (Å²) in [5, 5.41) is 8.34. The largest absolute Gasteiger partial charge is 0.454 e. The molecule has 7 nitrogen and oxygen atoms in total. The number of carbonyl (C=O) groups excluding carboxylic acids is 1. The van der Waals surface area contributed by atoms with Crippen molar-refractivity contribution in [1.29, 1.82) is 0 Å². The minimum atomic E-state index is -0.364. The quantitative estimate of drug-likeness (QED) is 0.667. The maximum absolute atomic E-state index is 12.4. The Hall–Kier alpha value is -2.96. The highest BCUT2D eigenvalue weighted by molar-refractivity contribution is 5.90. The molecule has 0 unspecified atom stereocenters. The monoisotopic (exact) mass is 339 g/mol. The summed E-state index contributed by atoms with van der Waals surface area (Å²) in [6.07, 6.45) is 4.32. The Morgan fingerprint density at radius 3 is 2.40 bits per heavy atom. The number of benzene rings is 1. The second-order valence-corrected chi connectivity index (χ2v) is 6.16. The van der Waals surface area contributed by atoms with Crippen molar-refractivity contribution in [2.24, 2.45) is 0 Å². The van der Waals surface area contributed by atoms with Crippen LogP contribution >= 0.6 is 0 Å². The third-order valence-corrected chi connectivity index (χ3v) is 4.08. The van der Waals surface area contributed by atoms with E-state index < -0.39 is 0 Å². The summed E-state index contributed by atoms with van der Waals surface area (Å²) >= 11 is 0. The van der Waals surface area contributed by atoms with Crippen LogP contribution in [0.1, 0.15) is 54.5 Å². The van der Waals surface area contributed by atoms with Crippen LogP contribution in [0.2, 0.25) is 0 Å². The predicted octanol–water partition coefficient (Wildman–Crippen LogP) is 3.27. The summed E-state index contributed by atoms with van der Waals surface area (Å²) in [6, 6.07) is 7.86. The molecule has 0 amide bonds. The van der Waals surface area contributed by atoms with E-state index in [9.17, 15) is 4.79 Å². The zero-order chi connectivity index (χ0) is 18.0. The van der Waals surface area contributed by atoms with Gasteiger partial charge in [-0.05, 0) is 45.4 Å². The third kappa shape index (κ3) is 3.45. The summed E-state index contributed by atoms with van der Waals surface area (Å²) in [5.74, 6) is -0.364. The molecule has 2 aromatic heterocycles. The summed E-state index contributed by atoms with van der Waals surface area (Å²) in [5.41, 5.74) is 3.12. The topological polar surface area (TPSA) is 74.8 Å². The molecule has 0 radical (unpaired) electrons.